The molecule has 0 radical (unpaired) electrons. The van der Waals surface area contributed by atoms with E-state index in [-0.39, 0.29) is 0 Å². The van der Waals surface area contributed by atoms with E-state index in [0.29, 0.717) is 29.8 Å². The lowest BCUT2D eigenvalue weighted by Gasteiger charge is -2.14. The lowest BCUT2D eigenvalue weighted by molar-refractivity contribution is 0.276. The SMILES string of the molecule is CCCOc1ccc(CNc2ccc(Cl)c(Cl)c2)cc1OCC. The highest BCUT2D eigenvalue weighted by molar-refractivity contribution is 6.42. The molecule has 124 valence electrons. The van der Waals surface area contributed by atoms with E-state index in [4.69, 9.17) is 32.7 Å². The lowest BCUT2D eigenvalue weighted by Crippen LogP contribution is -2.03. The van der Waals surface area contributed by atoms with Gasteiger partial charge in [-0.2, -0.15) is 0 Å². The van der Waals surface area contributed by atoms with E-state index in [1.54, 1.807) is 6.07 Å². The Morgan fingerprint density at radius 1 is 0.913 bits per heavy atom. The highest BCUT2D eigenvalue weighted by Gasteiger charge is 2.07. The van der Waals surface area contributed by atoms with Gasteiger partial charge in [-0.15, -0.1) is 0 Å². The Bertz CT molecular complexity index is 647. The van der Waals surface area contributed by atoms with E-state index in [1.807, 2.05) is 37.3 Å². The van der Waals surface area contributed by atoms with Gasteiger partial charge in [0.15, 0.2) is 11.5 Å². The number of hydrogen-bond acceptors (Lipinski definition) is 3. The van der Waals surface area contributed by atoms with E-state index < -0.39 is 0 Å². The van der Waals surface area contributed by atoms with Crippen LogP contribution in [-0.2, 0) is 6.54 Å². The summed E-state index contributed by atoms with van der Waals surface area (Å²) in [5.74, 6) is 1.56. The van der Waals surface area contributed by atoms with Crippen LogP contribution in [0.15, 0.2) is 36.4 Å². The molecule has 0 aliphatic rings. The van der Waals surface area contributed by atoms with Gasteiger partial charge in [0, 0.05) is 12.2 Å². The van der Waals surface area contributed by atoms with E-state index in [1.165, 1.54) is 0 Å². The number of ether oxygens (including phenoxy) is 2. The Kier molecular flexibility index (Phi) is 6.87. The first-order valence-electron chi connectivity index (χ1n) is 7.71. The van der Waals surface area contributed by atoms with Crippen LogP contribution in [0.1, 0.15) is 25.8 Å². The third kappa shape index (κ3) is 5.22. The van der Waals surface area contributed by atoms with Crippen molar-refractivity contribution in [3.05, 3.63) is 52.0 Å². The zero-order valence-corrected chi connectivity index (χ0v) is 14.9. The van der Waals surface area contributed by atoms with E-state index in [0.717, 1.165) is 29.2 Å². The Hall–Kier alpha value is -1.58. The van der Waals surface area contributed by atoms with Crippen molar-refractivity contribution < 1.29 is 9.47 Å². The van der Waals surface area contributed by atoms with Crippen LogP contribution < -0.4 is 14.8 Å². The van der Waals surface area contributed by atoms with Crippen LogP contribution in [-0.4, -0.2) is 13.2 Å². The highest BCUT2D eigenvalue weighted by atomic mass is 35.5. The molecule has 0 fully saturated rings. The summed E-state index contributed by atoms with van der Waals surface area (Å²) in [6.07, 6.45) is 0.964. The summed E-state index contributed by atoms with van der Waals surface area (Å²) in [5.41, 5.74) is 2.02. The van der Waals surface area contributed by atoms with Crippen molar-refractivity contribution in [3.8, 4) is 11.5 Å². The molecule has 0 aliphatic carbocycles. The number of halogens is 2. The molecule has 2 rings (SSSR count). The fourth-order valence-corrected chi connectivity index (χ4v) is 2.37. The average Bonchev–Trinajstić information content (AvgIpc) is 2.55. The van der Waals surface area contributed by atoms with Gasteiger partial charge in [-0.3, -0.25) is 0 Å². The molecule has 0 spiro atoms. The van der Waals surface area contributed by atoms with Gasteiger partial charge < -0.3 is 14.8 Å². The minimum absolute atomic E-state index is 0.537. The van der Waals surface area contributed by atoms with Crippen molar-refractivity contribution in [1.82, 2.24) is 0 Å². The van der Waals surface area contributed by atoms with Gasteiger partial charge in [-0.05, 0) is 49.2 Å². The molecule has 0 unspecified atom stereocenters. The Morgan fingerprint density at radius 3 is 2.43 bits per heavy atom. The van der Waals surface area contributed by atoms with Gasteiger partial charge in [0.2, 0.25) is 0 Å². The third-order valence-corrected chi connectivity index (χ3v) is 3.92. The fourth-order valence-electron chi connectivity index (χ4n) is 2.07. The highest BCUT2D eigenvalue weighted by Crippen LogP contribution is 2.29. The van der Waals surface area contributed by atoms with Gasteiger partial charge in [0.25, 0.3) is 0 Å². The monoisotopic (exact) mass is 353 g/mol. The first-order valence-corrected chi connectivity index (χ1v) is 8.47. The van der Waals surface area contributed by atoms with Gasteiger partial charge in [0.05, 0.1) is 23.3 Å². The summed E-state index contributed by atoms with van der Waals surface area (Å²) in [6, 6.07) is 11.5. The molecule has 5 heteroatoms. The predicted molar refractivity (Wildman–Crippen MR) is 97.2 cm³/mol. The van der Waals surface area contributed by atoms with Crippen LogP contribution >= 0.6 is 23.2 Å². The maximum Gasteiger partial charge on any atom is 0.161 e. The summed E-state index contributed by atoms with van der Waals surface area (Å²) >= 11 is 11.9. The minimum Gasteiger partial charge on any atom is -0.490 e. The van der Waals surface area contributed by atoms with E-state index in [9.17, 15) is 0 Å². The van der Waals surface area contributed by atoms with Crippen LogP contribution in [0.2, 0.25) is 10.0 Å². The maximum atomic E-state index is 6.02. The zero-order valence-electron chi connectivity index (χ0n) is 13.4. The van der Waals surface area contributed by atoms with Crippen molar-refractivity contribution in [2.45, 2.75) is 26.8 Å². The molecular formula is C18H21Cl2NO2. The summed E-state index contributed by atoms with van der Waals surface area (Å²) in [6.45, 7) is 5.99. The molecule has 23 heavy (non-hydrogen) atoms. The van der Waals surface area contributed by atoms with E-state index >= 15 is 0 Å². The molecule has 0 aliphatic heterocycles. The second-order valence-corrected chi connectivity index (χ2v) is 5.86. The quantitative estimate of drug-likeness (QED) is 0.651. The Labute approximate surface area is 147 Å². The molecule has 0 aromatic heterocycles. The van der Waals surface area contributed by atoms with Gasteiger partial charge in [-0.25, -0.2) is 0 Å². The van der Waals surface area contributed by atoms with Crippen LogP contribution in [0.3, 0.4) is 0 Å². The summed E-state index contributed by atoms with van der Waals surface area (Å²) in [4.78, 5) is 0. The molecule has 0 amide bonds. The second-order valence-electron chi connectivity index (χ2n) is 5.05. The fraction of sp³-hybridized carbons (Fsp3) is 0.333. The van der Waals surface area contributed by atoms with Crippen LogP contribution in [0.5, 0.6) is 11.5 Å². The first kappa shape index (κ1) is 17.8. The number of benzene rings is 2. The molecule has 0 saturated heterocycles. The topological polar surface area (TPSA) is 30.5 Å². The molecule has 0 heterocycles. The molecule has 0 saturated carbocycles. The maximum absolute atomic E-state index is 6.02. The van der Waals surface area contributed by atoms with Crippen molar-refractivity contribution in [2.24, 2.45) is 0 Å². The molecule has 2 aromatic carbocycles. The smallest absolute Gasteiger partial charge is 0.161 e. The molecule has 2 aromatic rings. The average molecular weight is 354 g/mol. The second kappa shape index (κ2) is 8.90. The number of nitrogens with one attached hydrogen (secondary N) is 1. The molecule has 0 bridgehead atoms. The predicted octanol–water partition coefficient (Wildman–Crippen LogP) is 5.79. The van der Waals surface area contributed by atoms with Crippen molar-refractivity contribution in [2.75, 3.05) is 18.5 Å². The number of anilines is 1. The van der Waals surface area contributed by atoms with Gasteiger partial charge >= 0.3 is 0 Å². The zero-order chi connectivity index (χ0) is 16.7. The van der Waals surface area contributed by atoms with Crippen LogP contribution in [0, 0.1) is 0 Å². The summed E-state index contributed by atoms with van der Waals surface area (Å²) < 4.78 is 11.4. The Morgan fingerprint density at radius 2 is 1.74 bits per heavy atom. The van der Waals surface area contributed by atoms with Crippen LogP contribution in [0.25, 0.3) is 0 Å². The lowest BCUT2D eigenvalue weighted by atomic mass is 10.2. The number of rotatable bonds is 8. The first-order chi connectivity index (χ1) is 11.1. The molecule has 3 nitrogen and oxygen atoms in total. The van der Waals surface area contributed by atoms with Crippen LogP contribution in [0.4, 0.5) is 5.69 Å². The summed E-state index contributed by atoms with van der Waals surface area (Å²) in [7, 11) is 0. The van der Waals surface area contributed by atoms with E-state index in [2.05, 4.69) is 12.2 Å². The van der Waals surface area contributed by atoms with Crippen molar-refractivity contribution in [3.63, 3.8) is 0 Å². The van der Waals surface area contributed by atoms with Crippen molar-refractivity contribution >= 4 is 28.9 Å². The molecular weight excluding hydrogens is 333 g/mol. The van der Waals surface area contributed by atoms with Gasteiger partial charge in [0.1, 0.15) is 0 Å². The largest absolute Gasteiger partial charge is 0.490 e. The standard InChI is InChI=1S/C18H21Cl2NO2/c1-3-9-23-17-8-5-13(10-18(17)22-4-2)12-21-14-6-7-15(19)16(20)11-14/h5-8,10-11,21H,3-4,9,12H2,1-2H3. The minimum atomic E-state index is 0.537. The number of hydrogen-bond donors (Lipinski definition) is 1. The summed E-state index contributed by atoms with van der Waals surface area (Å²) in [5, 5.41) is 4.41. The molecule has 1 N–H and O–H groups in total. The molecule has 0 atom stereocenters. The normalized spacial score (nSPS) is 10.4. The van der Waals surface area contributed by atoms with Crippen molar-refractivity contribution in [1.29, 1.82) is 0 Å². The third-order valence-electron chi connectivity index (χ3n) is 3.19. The Balaban J connectivity index is 2.06. The van der Waals surface area contributed by atoms with Gasteiger partial charge in [-0.1, -0.05) is 36.2 Å².